The highest BCUT2D eigenvalue weighted by Crippen LogP contribution is 2.25. The Morgan fingerprint density at radius 1 is 1.33 bits per heavy atom. The van der Waals surface area contributed by atoms with Crippen LogP contribution in [0.2, 0.25) is 0 Å². The van der Waals surface area contributed by atoms with Crippen molar-refractivity contribution in [3.8, 4) is 0 Å². The molecule has 2 aliphatic heterocycles. The van der Waals surface area contributed by atoms with Crippen molar-refractivity contribution < 1.29 is 18.8 Å². The number of carbonyl (C=O) groups excluding carboxylic acids is 1. The molecule has 0 aliphatic carbocycles. The van der Waals surface area contributed by atoms with E-state index in [1.165, 1.54) is 0 Å². The third-order valence-electron chi connectivity index (χ3n) is 4.58. The van der Waals surface area contributed by atoms with Gasteiger partial charge in [0.15, 0.2) is 0 Å². The molecule has 0 saturated carbocycles. The van der Waals surface area contributed by atoms with E-state index in [1.807, 2.05) is 0 Å². The highest BCUT2D eigenvalue weighted by molar-refractivity contribution is 5.98. The van der Waals surface area contributed by atoms with Crippen molar-refractivity contribution in [2.45, 2.75) is 6.42 Å². The first-order valence-electron chi connectivity index (χ1n) is 8.08. The molecule has 8 heteroatoms. The molecule has 2 aliphatic rings. The molecule has 1 amide bonds. The van der Waals surface area contributed by atoms with Crippen molar-refractivity contribution >= 4 is 11.6 Å². The molecule has 1 aromatic rings. The van der Waals surface area contributed by atoms with Crippen molar-refractivity contribution in [1.82, 2.24) is 9.80 Å². The second-order valence-electron chi connectivity index (χ2n) is 6.24. The van der Waals surface area contributed by atoms with Gasteiger partial charge in [-0.2, -0.15) is 0 Å². The van der Waals surface area contributed by atoms with E-state index in [9.17, 15) is 19.3 Å². The number of morpholine rings is 1. The number of halogens is 1. The number of amides is 1. The lowest BCUT2D eigenvalue weighted by Gasteiger charge is -2.29. The van der Waals surface area contributed by atoms with Crippen molar-refractivity contribution in [3.63, 3.8) is 0 Å². The SMILES string of the molecule is O=C(c1cc(F)ccc1[N+](=O)[O-])N1CCC(CN2CCOCC2)C1. The van der Waals surface area contributed by atoms with Crippen molar-refractivity contribution in [2.24, 2.45) is 5.92 Å². The zero-order valence-corrected chi connectivity index (χ0v) is 13.3. The van der Waals surface area contributed by atoms with Crippen LogP contribution < -0.4 is 0 Å². The molecule has 2 fully saturated rings. The van der Waals surface area contributed by atoms with Crippen molar-refractivity contribution in [3.05, 3.63) is 39.7 Å². The van der Waals surface area contributed by atoms with Crippen LogP contribution in [0.15, 0.2) is 18.2 Å². The van der Waals surface area contributed by atoms with E-state index in [1.54, 1.807) is 4.90 Å². The molecule has 7 nitrogen and oxygen atoms in total. The number of rotatable bonds is 4. The van der Waals surface area contributed by atoms with Gasteiger partial charge in [-0.05, 0) is 24.5 Å². The van der Waals surface area contributed by atoms with Gasteiger partial charge in [0.1, 0.15) is 11.4 Å². The van der Waals surface area contributed by atoms with Gasteiger partial charge in [-0.3, -0.25) is 19.8 Å². The van der Waals surface area contributed by atoms with Crippen LogP contribution in [0.3, 0.4) is 0 Å². The number of nitrogens with zero attached hydrogens (tertiary/aromatic N) is 3. The summed E-state index contributed by atoms with van der Waals surface area (Å²) in [4.78, 5) is 26.9. The summed E-state index contributed by atoms with van der Waals surface area (Å²) < 4.78 is 18.8. The van der Waals surface area contributed by atoms with Crippen LogP contribution in [0.25, 0.3) is 0 Å². The molecule has 2 heterocycles. The minimum Gasteiger partial charge on any atom is -0.379 e. The monoisotopic (exact) mass is 337 g/mol. The first-order chi connectivity index (χ1) is 11.5. The van der Waals surface area contributed by atoms with Gasteiger partial charge in [-0.15, -0.1) is 0 Å². The van der Waals surface area contributed by atoms with E-state index >= 15 is 0 Å². The Labute approximate surface area is 139 Å². The second-order valence-corrected chi connectivity index (χ2v) is 6.24. The fourth-order valence-corrected chi connectivity index (χ4v) is 3.32. The molecule has 1 atom stereocenters. The Hall–Kier alpha value is -2.06. The van der Waals surface area contributed by atoms with Crippen molar-refractivity contribution in [1.29, 1.82) is 0 Å². The van der Waals surface area contributed by atoms with Gasteiger partial charge in [0.05, 0.1) is 18.1 Å². The van der Waals surface area contributed by atoms with Gasteiger partial charge in [-0.25, -0.2) is 4.39 Å². The molecule has 0 bridgehead atoms. The van der Waals surface area contributed by atoms with E-state index in [0.29, 0.717) is 19.0 Å². The van der Waals surface area contributed by atoms with Crippen LogP contribution in [-0.4, -0.2) is 66.6 Å². The van der Waals surface area contributed by atoms with Crippen LogP contribution in [-0.2, 0) is 4.74 Å². The Kier molecular flexibility index (Phi) is 5.06. The summed E-state index contributed by atoms with van der Waals surface area (Å²) in [5.74, 6) is -0.779. The van der Waals surface area contributed by atoms with E-state index in [-0.39, 0.29) is 11.3 Å². The average Bonchev–Trinajstić information content (AvgIpc) is 3.03. The maximum Gasteiger partial charge on any atom is 0.282 e. The average molecular weight is 337 g/mol. The third-order valence-corrected chi connectivity index (χ3v) is 4.58. The van der Waals surface area contributed by atoms with Crippen LogP contribution in [0.4, 0.5) is 10.1 Å². The quantitative estimate of drug-likeness (QED) is 0.615. The lowest BCUT2D eigenvalue weighted by Crippen LogP contribution is -2.40. The van der Waals surface area contributed by atoms with Gasteiger partial charge in [0.25, 0.3) is 11.6 Å². The summed E-state index contributed by atoms with van der Waals surface area (Å²) in [6.45, 7) is 5.21. The third kappa shape index (κ3) is 3.70. The standard InChI is InChI=1S/C16H20FN3O4/c17-13-1-2-15(20(22)23)14(9-13)16(21)19-4-3-12(11-19)10-18-5-7-24-8-6-18/h1-2,9,12H,3-8,10-11H2. The minimum atomic E-state index is -0.645. The Morgan fingerprint density at radius 2 is 2.08 bits per heavy atom. The van der Waals surface area contributed by atoms with Gasteiger partial charge in [0.2, 0.25) is 0 Å². The summed E-state index contributed by atoms with van der Waals surface area (Å²) in [5.41, 5.74) is -0.523. The van der Waals surface area contributed by atoms with E-state index in [0.717, 1.165) is 57.5 Å². The Morgan fingerprint density at radius 3 is 2.79 bits per heavy atom. The smallest absolute Gasteiger partial charge is 0.282 e. The molecular weight excluding hydrogens is 317 g/mol. The van der Waals surface area contributed by atoms with E-state index < -0.39 is 16.6 Å². The Balaban J connectivity index is 1.66. The molecule has 130 valence electrons. The highest BCUT2D eigenvalue weighted by atomic mass is 19.1. The normalized spacial score (nSPS) is 21.9. The molecule has 0 spiro atoms. The lowest BCUT2D eigenvalue weighted by atomic mass is 10.1. The molecule has 2 saturated heterocycles. The predicted molar refractivity (Wildman–Crippen MR) is 84.3 cm³/mol. The predicted octanol–water partition coefficient (Wildman–Crippen LogP) is 1.53. The summed E-state index contributed by atoms with van der Waals surface area (Å²) in [6.07, 6.45) is 0.853. The van der Waals surface area contributed by atoms with Gasteiger partial charge < -0.3 is 9.64 Å². The number of hydrogen-bond donors (Lipinski definition) is 0. The second kappa shape index (κ2) is 7.23. The number of carbonyl (C=O) groups is 1. The number of benzene rings is 1. The lowest BCUT2D eigenvalue weighted by molar-refractivity contribution is -0.385. The Bertz CT molecular complexity index is 634. The first kappa shape index (κ1) is 16.8. The molecular formula is C16H20FN3O4. The molecule has 3 rings (SSSR count). The summed E-state index contributed by atoms with van der Waals surface area (Å²) in [7, 11) is 0. The zero-order valence-electron chi connectivity index (χ0n) is 13.3. The summed E-state index contributed by atoms with van der Waals surface area (Å²) in [5, 5.41) is 11.1. The van der Waals surface area contributed by atoms with E-state index in [2.05, 4.69) is 4.90 Å². The van der Waals surface area contributed by atoms with Gasteiger partial charge in [0, 0.05) is 38.8 Å². The molecule has 0 radical (unpaired) electrons. The molecule has 1 aromatic carbocycles. The molecule has 1 unspecified atom stereocenters. The van der Waals surface area contributed by atoms with Crippen LogP contribution >= 0.6 is 0 Å². The minimum absolute atomic E-state index is 0.174. The fourth-order valence-electron chi connectivity index (χ4n) is 3.32. The number of ether oxygens (including phenoxy) is 1. The van der Waals surface area contributed by atoms with E-state index in [4.69, 9.17) is 4.74 Å². The topological polar surface area (TPSA) is 75.9 Å². The zero-order chi connectivity index (χ0) is 17.1. The van der Waals surface area contributed by atoms with Crippen LogP contribution in [0.1, 0.15) is 16.8 Å². The highest BCUT2D eigenvalue weighted by Gasteiger charge is 2.32. The van der Waals surface area contributed by atoms with Gasteiger partial charge >= 0.3 is 0 Å². The summed E-state index contributed by atoms with van der Waals surface area (Å²) >= 11 is 0. The summed E-state index contributed by atoms with van der Waals surface area (Å²) in [6, 6.07) is 3.00. The van der Waals surface area contributed by atoms with Crippen LogP contribution in [0.5, 0.6) is 0 Å². The number of likely N-dealkylation sites (tertiary alicyclic amines) is 1. The number of nitro groups is 1. The first-order valence-corrected chi connectivity index (χ1v) is 8.08. The molecule has 24 heavy (non-hydrogen) atoms. The van der Waals surface area contributed by atoms with Gasteiger partial charge in [-0.1, -0.05) is 0 Å². The van der Waals surface area contributed by atoms with Crippen molar-refractivity contribution in [2.75, 3.05) is 45.9 Å². The molecule has 0 N–H and O–H groups in total. The maximum absolute atomic E-state index is 13.4. The fraction of sp³-hybridized carbons (Fsp3) is 0.562. The van der Waals surface area contributed by atoms with Crippen LogP contribution in [0, 0.1) is 21.8 Å². The number of nitro benzene ring substituents is 1. The largest absolute Gasteiger partial charge is 0.379 e. The maximum atomic E-state index is 13.4. The number of hydrogen-bond acceptors (Lipinski definition) is 5. The molecule has 0 aromatic heterocycles.